The summed E-state index contributed by atoms with van der Waals surface area (Å²) >= 11 is 0. The monoisotopic (exact) mass is 228 g/mol. The molecule has 2 heterocycles. The van der Waals surface area contributed by atoms with E-state index < -0.39 is 0 Å². The van der Waals surface area contributed by atoms with Gasteiger partial charge in [-0.1, -0.05) is 18.2 Å². The van der Waals surface area contributed by atoms with Gasteiger partial charge in [-0.3, -0.25) is 14.5 Å². The molecule has 86 valence electrons. The molecule has 1 atom stereocenters. The van der Waals surface area contributed by atoms with Crippen LogP contribution in [0.5, 0.6) is 0 Å². The number of hydrogen-bond donors (Lipinski definition) is 1. The van der Waals surface area contributed by atoms with E-state index in [1.807, 2.05) is 30.3 Å². The van der Waals surface area contributed by atoms with Gasteiger partial charge < -0.3 is 4.98 Å². The van der Waals surface area contributed by atoms with Crippen LogP contribution in [-0.4, -0.2) is 28.7 Å². The first kappa shape index (κ1) is 10.1. The molecule has 1 fully saturated rings. The van der Waals surface area contributed by atoms with E-state index in [0.29, 0.717) is 0 Å². The van der Waals surface area contributed by atoms with Gasteiger partial charge in [-0.25, -0.2) is 0 Å². The fraction of sp³-hybridized carbons (Fsp3) is 0.231. The van der Waals surface area contributed by atoms with E-state index in [1.165, 1.54) is 11.9 Å². The Morgan fingerprint density at radius 3 is 2.71 bits per heavy atom. The maximum atomic E-state index is 11.9. The number of fused-ring (bicyclic) bond motifs is 1. The van der Waals surface area contributed by atoms with Crippen molar-refractivity contribution in [2.24, 2.45) is 0 Å². The van der Waals surface area contributed by atoms with Gasteiger partial charge >= 0.3 is 0 Å². The predicted octanol–water partition coefficient (Wildman–Crippen LogP) is 1.64. The Labute approximate surface area is 98.2 Å². The first-order chi connectivity index (χ1) is 8.16. The number of H-pyrrole nitrogens is 1. The van der Waals surface area contributed by atoms with Gasteiger partial charge in [0.1, 0.15) is 0 Å². The van der Waals surface area contributed by atoms with E-state index in [2.05, 4.69) is 4.98 Å². The molecule has 3 rings (SSSR count). The lowest BCUT2D eigenvalue weighted by atomic mass is 10.0. The third-order valence-corrected chi connectivity index (χ3v) is 3.31. The minimum atomic E-state index is -0.347. The van der Waals surface area contributed by atoms with Crippen LogP contribution in [0.2, 0.25) is 0 Å². The van der Waals surface area contributed by atoms with Gasteiger partial charge in [0, 0.05) is 24.7 Å². The Balaban J connectivity index is 2.05. The molecule has 0 aliphatic carbocycles. The number of rotatable bonds is 1. The minimum absolute atomic E-state index is 0.112. The fourth-order valence-corrected chi connectivity index (χ4v) is 2.28. The molecule has 1 N–H and O–H groups in total. The first-order valence-electron chi connectivity index (χ1n) is 5.55. The Morgan fingerprint density at radius 1 is 1.29 bits per heavy atom. The van der Waals surface area contributed by atoms with Crippen LogP contribution in [0.25, 0.3) is 10.9 Å². The number of likely N-dealkylation sites (N-methyl/N-ethyl adjacent to an activating group) is 1. The van der Waals surface area contributed by atoms with Crippen LogP contribution in [0.1, 0.15) is 18.0 Å². The first-order valence-corrected chi connectivity index (χ1v) is 5.55. The topological polar surface area (TPSA) is 53.2 Å². The number of hydrogen-bond acceptors (Lipinski definition) is 2. The molecule has 1 aromatic heterocycles. The summed E-state index contributed by atoms with van der Waals surface area (Å²) in [6.45, 7) is 0. The molecule has 0 spiro atoms. The quantitative estimate of drug-likeness (QED) is 0.754. The second kappa shape index (κ2) is 3.45. The Bertz CT molecular complexity index is 582. The van der Waals surface area contributed by atoms with Crippen LogP contribution in [0.4, 0.5) is 0 Å². The molecule has 4 nitrogen and oxygen atoms in total. The largest absolute Gasteiger partial charge is 0.358 e. The van der Waals surface area contributed by atoms with Gasteiger partial charge in [0.15, 0.2) is 0 Å². The average molecular weight is 228 g/mol. The minimum Gasteiger partial charge on any atom is -0.358 e. The Kier molecular flexibility index (Phi) is 2.04. The van der Waals surface area contributed by atoms with E-state index in [1.54, 1.807) is 0 Å². The lowest BCUT2D eigenvalue weighted by Gasteiger charge is -2.06. The molecule has 2 aromatic rings. The normalized spacial score (nSPS) is 20.5. The SMILES string of the molecule is CN1C(=O)CC(c2cc3ccccc3[nH]2)C1=O. The number of imide groups is 1. The lowest BCUT2D eigenvalue weighted by molar-refractivity contribution is -0.137. The van der Waals surface area contributed by atoms with Crippen molar-refractivity contribution in [1.82, 2.24) is 9.88 Å². The smallest absolute Gasteiger partial charge is 0.238 e. The molecule has 1 unspecified atom stereocenters. The van der Waals surface area contributed by atoms with Crippen molar-refractivity contribution in [2.75, 3.05) is 7.05 Å². The molecular formula is C13H12N2O2. The number of aromatic amines is 1. The van der Waals surface area contributed by atoms with E-state index in [-0.39, 0.29) is 24.2 Å². The van der Waals surface area contributed by atoms with Crippen molar-refractivity contribution < 1.29 is 9.59 Å². The maximum absolute atomic E-state index is 11.9. The molecule has 17 heavy (non-hydrogen) atoms. The molecular weight excluding hydrogens is 216 g/mol. The van der Waals surface area contributed by atoms with Gasteiger partial charge in [-0.05, 0) is 17.5 Å². The molecule has 0 bridgehead atoms. The van der Waals surface area contributed by atoms with Crippen molar-refractivity contribution in [3.63, 3.8) is 0 Å². The van der Waals surface area contributed by atoms with Crippen LogP contribution < -0.4 is 0 Å². The third-order valence-electron chi connectivity index (χ3n) is 3.31. The molecule has 1 saturated heterocycles. The summed E-state index contributed by atoms with van der Waals surface area (Å²) in [5.74, 6) is -0.583. The number of para-hydroxylation sites is 1. The highest BCUT2D eigenvalue weighted by atomic mass is 16.2. The second-order valence-corrected chi connectivity index (χ2v) is 4.36. The Hall–Kier alpha value is -2.10. The lowest BCUT2D eigenvalue weighted by Crippen LogP contribution is -2.25. The summed E-state index contributed by atoms with van der Waals surface area (Å²) < 4.78 is 0. The highest BCUT2D eigenvalue weighted by Gasteiger charge is 2.37. The number of amides is 2. The van der Waals surface area contributed by atoms with E-state index >= 15 is 0 Å². The van der Waals surface area contributed by atoms with Crippen LogP contribution in [0.3, 0.4) is 0 Å². The van der Waals surface area contributed by atoms with Crippen LogP contribution in [-0.2, 0) is 9.59 Å². The maximum Gasteiger partial charge on any atom is 0.238 e. The molecule has 1 aliphatic heterocycles. The van der Waals surface area contributed by atoms with Crippen molar-refractivity contribution >= 4 is 22.7 Å². The molecule has 2 amide bonds. The van der Waals surface area contributed by atoms with E-state index in [0.717, 1.165) is 16.6 Å². The number of carbonyl (C=O) groups excluding carboxylic acids is 2. The number of likely N-dealkylation sites (tertiary alicyclic amines) is 1. The van der Waals surface area contributed by atoms with Gasteiger partial charge in [0.2, 0.25) is 11.8 Å². The van der Waals surface area contributed by atoms with Crippen molar-refractivity contribution in [3.05, 3.63) is 36.0 Å². The predicted molar refractivity (Wildman–Crippen MR) is 63.4 cm³/mol. The highest BCUT2D eigenvalue weighted by molar-refractivity contribution is 6.06. The average Bonchev–Trinajstić information content (AvgIpc) is 2.86. The number of nitrogens with zero attached hydrogens (tertiary/aromatic N) is 1. The highest BCUT2D eigenvalue weighted by Crippen LogP contribution is 2.30. The Morgan fingerprint density at radius 2 is 2.06 bits per heavy atom. The third kappa shape index (κ3) is 1.45. The van der Waals surface area contributed by atoms with Crippen LogP contribution >= 0.6 is 0 Å². The zero-order chi connectivity index (χ0) is 12.0. The van der Waals surface area contributed by atoms with Crippen LogP contribution in [0.15, 0.2) is 30.3 Å². The van der Waals surface area contributed by atoms with Gasteiger partial charge in [-0.2, -0.15) is 0 Å². The zero-order valence-electron chi connectivity index (χ0n) is 9.43. The summed E-state index contributed by atoms with van der Waals surface area (Å²) in [7, 11) is 1.54. The number of benzene rings is 1. The van der Waals surface area contributed by atoms with Crippen molar-refractivity contribution in [2.45, 2.75) is 12.3 Å². The molecule has 4 heteroatoms. The number of carbonyl (C=O) groups is 2. The summed E-state index contributed by atoms with van der Waals surface area (Å²) in [5, 5.41) is 1.07. The molecule has 0 saturated carbocycles. The standard InChI is InChI=1S/C13H12N2O2/c1-15-12(16)7-9(13(15)17)11-6-8-4-2-3-5-10(8)14-11/h2-6,9,14H,7H2,1H3. The summed E-state index contributed by atoms with van der Waals surface area (Å²) in [4.78, 5) is 27.8. The molecule has 0 radical (unpaired) electrons. The van der Waals surface area contributed by atoms with Gasteiger partial charge in [0.25, 0.3) is 0 Å². The van der Waals surface area contributed by atoms with Crippen LogP contribution in [0, 0.1) is 0 Å². The summed E-state index contributed by atoms with van der Waals surface area (Å²) in [6.07, 6.45) is 0.266. The van der Waals surface area contributed by atoms with E-state index in [4.69, 9.17) is 0 Å². The summed E-state index contributed by atoms with van der Waals surface area (Å²) in [5.41, 5.74) is 1.83. The van der Waals surface area contributed by atoms with Gasteiger partial charge in [0.05, 0.1) is 5.92 Å². The molecule has 1 aliphatic rings. The zero-order valence-corrected chi connectivity index (χ0v) is 9.43. The van der Waals surface area contributed by atoms with Crippen molar-refractivity contribution in [1.29, 1.82) is 0 Å². The van der Waals surface area contributed by atoms with Gasteiger partial charge in [-0.15, -0.1) is 0 Å². The molecule has 1 aromatic carbocycles. The summed E-state index contributed by atoms with van der Waals surface area (Å²) in [6, 6.07) is 9.79. The number of aromatic nitrogens is 1. The van der Waals surface area contributed by atoms with E-state index in [9.17, 15) is 9.59 Å². The second-order valence-electron chi connectivity index (χ2n) is 4.36. The van der Waals surface area contributed by atoms with Crippen molar-refractivity contribution in [3.8, 4) is 0 Å². The fourth-order valence-electron chi connectivity index (χ4n) is 2.28. The number of nitrogens with one attached hydrogen (secondary N) is 1.